The zero-order valence-corrected chi connectivity index (χ0v) is 13.6. The summed E-state index contributed by atoms with van der Waals surface area (Å²) in [5.74, 6) is 1.66. The van der Waals surface area contributed by atoms with Crippen LogP contribution in [0.1, 0.15) is 46.0 Å². The highest BCUT2D eigenvalue weighted by molar-refractivity contribution is 5.79. The summed E-state index contributed by atoms with van der Waals surface area (Å²) in [6.07, 6.45) is 4.58. The molecule has 0 aromatic rings. The van der Waals surface area contributed by atoms with Crippen LogP contribution < -0.4 is 5.32 Å². The third-order valence-corrected chi connectivity index (χ3v) is 5.89. The topological polar surface area (TPSA) is 76.4 Å². The Morgan fingerprint density at radius 3 is 2.59 bits per heavy atom. The molecule has 3 rings (SSSR count). The fraction of sp³-hybridized carbons (Fsp3) is 0.882. The first-order valence-corrected chi connectivity index (χ1v) is 8.52. The summed E-state index contributed by atoms with van der Waals surface area (Å²) in [6, 6.07) is 2.00. The van der Waals surface area contributed by atoms with Crippen LogP contribution in [-0.2, 0) is 4.79 Å². The molecule has 1 aliphatic heterocycles. The van der Waals surface area contributed by atoms with Gasteiger partial charge in [0.05, 0.1) is 18.7 Å². The quantitative estimate of drug-likeness (QED) is 0.823. The van der Waals surface area contributed by atoms with Gasteiger partial charge >= 0.3 is 0 Å². The lowest BCUT2D eigenvalue weighted by Gasteiger charge is -2.29. The van der Waals surface area contributed by atoms with Crippen molar-refractivity contribution in [3.63, 3.8) is 0 Å². The van der Waals surface area contributed by atoms with Crippen molar-refractivity contribution < 1.29 is 9.90 Å². The molecule has 2 aliphatic carbocycles. The van der Waals surface area contributed by atoms with Crippen LogP contribution >= 0.6 is 0 Å². The van der Waals surface area contributed by atoms with Gasteiger partial charge in [-0.3, -0.25) is 4.79 Å². The first-order chi connectivity index (χ1) is 10.4. The van der Waals surface area contributed by atoms with E-state index in [0.717, 1.165) is 32.1 Å². The molecule has 1 saturated heterocycles. The minimum absolute atomic E-state index is 0.00138. The number of carbonyl (C=O) groups is 1. The fourth-order valence-electron chi connectivity index (χ4n) is 4.90. The Balaban J connectivity index is 1.53. The normalized spacial score (nSPS) is 44.1. The lowest BCUT2D eigenvalue weighted by molar-refractivity contribution is -0.130. The van der Waals surface area contributed by atoms with Crippen molar-refractivity contribution in [2.45, 2.75) is 63.6 Å². The number of aliphatic hydroxyl groups excluding tert-OH is 1. The zero-order valence-electron chi connectivity index (χ0n) is 13.6. The van der Waals surface area contributed by atoms with Crippen molar-refractivity contribution >= 4 is 5.91 Å². The van der Waals surface area contributed by atoms with E-state index in [-0.39, 0.29) is 23.6 Å². The highest BCUT2D eigenvalue weighted by Crippen LogP contribution is 2.48. The Bertz CT molecular complexity index is 473. The van der Waals surface area contributed by atoms with Gasteiger partial charge in [0.15, 0.2) is 0 Å². The first kappa shape index (κ1) is 15.8. The van der Waals surface area contributed by atoms with Crippen LogP contribution in [0.4, 0.5) is 0 Å². The van der Waals surface area contributed by atoms with Crippen molar-refractivity contribution in [3.05, 3.63) is 0 Å². The third-order valence-electron chi connectivity index (χ3n) is 5.89. The fourth-order valence-corrected chi connectivity index (χ4v) is 4.90. The summed E-state index contributed by atoms with van der Waals surface area (Å²) >= 11 is 0. The molecule has 22 heavy (non-hydrogen) atoms. The Morgan fingerprint density at radius 2 is 2.00 bits per heavy atom. The molecule has 0 aromatic heterocycles. The monoisotopic (exact) mass is 305 g/mol. The van der Waals surface area contributed by atoms with Gasteiger partial charge in [0.25, 0.3) is 0 Å². The Kier molecular flexibility index (Phi) is 4.17. The standard InChI is InChI=1S/C17H27N3O2/c1-11-3-14(8-18)20(10-11)16(22)9-19-17(2)6-12-4-15(21)5-13(12)7-17/h11-15,19,21H,3-7,9-10H2,1-2H3/t11-,12-,13+,14-,15?,17?/m0/s1. The van der Waals surface area contributed by atoms with E-state index in [2.05, 4.69) is 25.2 Å². The van der Waals surface area contributed by atoms with Crippen LogP contribution in [0.15, 0.2) is 0 Å². The van der Waals surface area contributed by atoms with Gasteiger partial charge in [-0.25, -0.2) is 0 Å². The SMILES string of the molecule is C[C@H]1C[C@@H](C#N)N(C(=O)CNC2(C)C[C@H]3CC(O)C[C@H]3C2)C1. The van der Waals surface area contributed by atoms with Crippen molar-refractivity contribution in [1.82, 2.24) is 10.2 Å². The smallest absolute Gasteiger partial charge is 0.237 e. The van der Waals surface area contributed by atoms with Crippen molar-refractivity contribution in [1.29, 1.82) is 5.26 Å². The van der Waals surface area contributed by atoms with Crippen LogP contribution in [-0.4, -0.2) is 46.7 Å². The van der Waals surface area contributed by atoms with E-state index in [1.807, 2.05) is 0 Å². The van der Waals surface area contributed by atoms with Crippen LogP contribution in [0.5, 0.6) is 0 Å². The lowest BCUT2D eigenvalue weighted by atomic mass is 9.96. The molecule has 2 N–H and O–H groups in total. The minimum atomic E-state index is -0.254. The molecule has 0 spiro atoms. The number of rotatable bonds is 3. The van der Waals surface area contributed by atoms with E-state index < -0.39 is 0 Å². The Hall–Kier alpha value is -1.12. The van der Waals surface area contributed by atoms with Gasteiger partial charge in [0.2, 0.25) is 5.91 Å². The maximum atomic E-state index is 12.4. The van der Waals surface area contributed by atoms with E-state index in [1.165, 1.54) is 0 Å². The highest BCUT2D eigenvalue weighted by atomic mass is 16.3. The number of fused-ring (bicyclic) bond motifs is 1. The average molecular weight is 305 g/mol. The third kappa shape index (κ3) is 3.00. The summed E-state index contributed by atoms with van der Waals surface area (Å²) in [5, 5.41) is 22.4. The van der Waals surface area contributed by atoms with Gasteiger partial charge in [-0.1, -0.05) is 6.92 Å². The summed E-state index contributed by atoms with van der Waals surface area (Å²) in [7, 11) is 0. The number of aliphatic hydroxyl groups is 1. The van der Waals surface area contributed by atoms with E-state index in [1.54, 1.807) is 4.90 Å². The number of nitrogens with zero attached hydrogens (tertiary/aromatic N) is 2. The number of nitrogens with one attached hydrogen (secondary N) is 1. The molecule has 5 nitrogen and oxygen atoms in total. The minimum Gasteiger partial charge on any atom is -0.393 e. The molecule has 2 saturated carbocycles. The second-order valence-electron chi connectivity index (χ2n) is 8.00. The molecule has 2 unspecified atom stereocenters. The van der Waals surface area contributed by atoms with E-state index in [9.17, 15) is 15.2 Å². The maximum absolute atomic E-state index is 12.4. The van der Waals surface area contributed by atoms with Gasteiger partial charge in [-0.2, -0.15) is 5.26 Å². The Morgan fingerprint density at radius 1 is 1.36 bits per heavy atom. The average Bonchev–Trinajstić information content (AvgIpc) is 3.07. The molecule has 0 radical (unpaired) electrons. The van der Waals surface area contributed by atoms with Crippen LogP contribution in [0.3, 0.4) is 0 Å². The van der Waals surface area contributed by atoms with Crippen LogP contribution in [0.25, 0.3) is 0 Å². The summed E-state index contributed by atoms with van der Waals surface area (Å²) < 4.78 is 0. The predicted molar refractivity (Wildman–Crippen MR) is 82.8 cm³/mol. The van der Waals surface area contributed by atoms with Gasteiger partial charge in [0.1, 0.15) is 6.04 Å². The number of carbonyl (C=O) groups excluding carboxylic acids is 1. The number of likely N-dealkylation sites (tertiary alicyclic amines) is 1. The summed E-state index contributed by atoms with van der Waals surface area (Å²) in [4.78, 5) is 14.2. The Labute approximate surface area is 132 Å². The molecule has 5 heteroatoms. The maximum Gasteiger partial charge on any atom is 0.237 e. The molecular weight excluding hydrogens is 278 g/mol. The second kappa shape index (κ2) is 5.82. The molecule has 0 aromatic carbocycles. The lowest BCUT2D eigenvalue weighted by Crippen LogP contribution is -2.48. The molecule has 0 bridgehead atoms. The molecule has 3 fully saturated rings. The number of nitriles is 1. The van der Waals surface area contributed by atoms with Gasteiger partial charge in [-0.15, -0.1) is 0 Å². The predicted octanol–water partition coefficient (Wildman–Crippen LogP) is 1.28. The van der Waals surface area contributed by atoms with E-state index in [4.69, 9.17) is 0 Å². The number of amides is 1. The van der Waals surface area contributed by atoms with E-state index >= 15 is 0 Å². The zero-order chi connectivity index (χ0) is 15.9. The van der Waals surface area contributed by atoms with Crippen LogP contribution in [0.2, 0.25) is 0 Å². The summed E-state index contributed by atoms with van der Waals surface area (Å²) in [6.45, 7) is 5.31. The first-order valence-electron chi connectivity index (χ1n) is 8.52. The van der Waals surface area contributed by atoms with Gasteiger partial charge < -0.3 is 15.3 Å². The molecular formula is C17H27N3O2. The highest BCUT2D eigenvalue weighted by Gasteiger charge is 2.47. The molecule has 1 amide bonds. The summed E-state index contributed by atoms with van der Waals surface area (Å²) in [5.41, 5.74) is -0.00138. The van der Waals surface area contributed by atoms with Crippen molar-refractivity contribution in [2.75, 3.05) is 13.1 Å². The van der Waals surface area contributed by atoms with E-state index in [0.29, 0.717) is 30.8 Å². The molecule has 6 atom stereocenters. The number of hydrogen-bond acceptors (Lipinski definition) is 4. The number of hydrogen-bond donors (Lipinski definition) is 2. The van der Waals surface area contributed by atoms with Crippen LogP contribution in [0, 0.1) is 29.1 Å². The molecule has 3 aliphatic rings. The van der Waals surface area contributed by atoms with Gasteiger partial charge in [-0.05, 0) is 56.8 Å². The van der Waals surface area contributed by atoms with Crippen molar-refractivity contribution in [2.24, 2.45) is 17.8 Å². The van der Waals surface area contributed by atoms with Gasteiger partial charge in [0, 0.05) is 12.1 Å². The van der Waals surface area contributed by atoms with Crippen molar-refractivity contribution in [3.8, 4) is 6.07 Å². The largest absolute Gasteiger partial charge is 0.393 e. The molecule has 122 valence electrons. The molecule has 1 heterocycles. The second-order valence-corrected chi connectivity index (χ2v) is 8.00.